The van der Waals surface area contributed by atoms with Crippen molar-refractivity contribution in [1.82, 2.24) is 10.3 Å². The van der Waals surface area contributed by atoms with Crippen molar-refractivity contribution in [2.24, 2.45) is 5.92 Å². The Morgan fingerprint density at radius 3 is 2.60 bits per heavy atom. The zero-order valence-electron chi connectivity index (χ0n) is 10.9. The summed E-state index contributed by atoms with van der Waals surface area (Å²) >= 11 is 3.35. The van der Waals surface area contributed by atoms with E-state index in [-0.39, 0.29) is 17.7 Å². The summed E-state index contributed by atoms with van der Waals surface area (Å²) in [4.78, 5) is 25.7. The van der Waals surface area contributed by atoms with Gasteiger partial charge in [0.1, 0.15) is 0 Å². The van der Waals surface area contributed by atoms with Crippen LogP contribution < -0.4 is 10.9 Å². The molecule has 1 saturated heterocycles. The van der Waals surface area contributed by atoms with Crippen molar-refractivity contribution in [3.63, 3.8) is 0 Å². The van der Waals surface area contributed by atoms with E-state index in [1.54, 1.807) is 0 Å². The Kier molecular flexibility index (Phi) is 3.65. The van der Waals surface area contributed by atoms with Crippen LogP contribution in [0.3, 0.4) is 0 Å². The summed E-state index contributed by atoms with van der Waals surface area (Å²) in [6.45, 7) is 0.553. The molecule has 0 spiro atoms. The molecule has 1 aliphatic heterocycles. The number of benzene rings is 1. The molecule has 1 aromatic carbocycles. The summed E-state index contributed by atoms with van der Waals surface area (Å²) < 4.78 is 0.982. The smallest absolute Gasteiger partial charge is 0.243 e. The molecule has 1 aromatic rings. The topological polar surface area (TPSA) is 61.4 Å². The van der Waals surface area contributed by atoms with Gasteiger partial charge in [0.2, 0.25) is 11.8 Å². The Morgan fingerprint density at radius 2 is 1.95 bits per heavy atom. The first kappa shape index (κ1) is 13.4. The molecule has 0 radical (unpaired) electrons. The van der Waals surface area contributed by atoms with Gasteiger partial charge < -0.3 is 4.90 Å². The number of nitrogens with zero attached hydrogens (tertiary/aromatic N) is 1. The van der Waals surface area contributed by atoms with Gasteiger partial charge in [-0.3, -0.25) is 20.4 Å². The largest absolute Gasteiger partial charge is 0.339 e. The zero-order valence-corrected chi connectivity index (χ0v) is 12.5. The van der Waals surface area contributed by atoms with Gasteiger partial charge >= 0.3 is 0 Å². The van der Waals surface area contributed by atoms with Crippen LogP contribution in [0.2, 0.25) is 0 Å². The normalized spacial score (nSPS) is 21.9. The second-order valence-electron chi connectivity index (χ2n) is 5.30. The van der Waals surface area contributed by atoms with Crippen LogP contribution in [0.15, 0.2) is 28.7 Å². The van der Waals surface area contributed by atoms with Crippen LogP contribution >= 0.6 is 15.9 Å². The minimum absolute atomic E-state index is 0.108. The second kappa shape index (κ2) is 5.44. The fourth-order valence-corrected chi connectivity index (χ4v) is 2.68. The number of likely N-dealkylation sites (tertiary alicyclic amines) is 1. The first-order chi connectivity index (χ1) is 9.63. The Hall–Kier alpha value is -1.56. The van der Waals surface area contributed by atoms with E-state index < -0.39 is 0 Å². The number of carbonyl (C=O) groups is 2. The summed E-state index contributed by atoms with van der Waals surface area (Å²) in [5, 5.41) is 0. The van der Waals surface area contributed by atoms with Gasteiger partial charge in [-0.1, -0.05) is 15.9 Å². The van der Waals surface area contributed by atoms with Crippen LogP contribution in [-0.2, 0) is 9.59 Å². The van der Waals surface area contributed by atoms with Crippen LogP contribution in [0.1, 0.15) is 19.3 Å². The highest BCUT2D eigenvalue weighted by molar-refractivity contribution is 9.10. The molecular formula is C14H16BrN3O2. The fourth-order valence-electron chi connectivity index (χ4n) is 2.42. The number of rotatable bonds is 4. The maximum absolute atomic E-state index is 12.1. The van der Waals surface area contributed by atoms with Gasteiger partial charge in [-0.15, -0.1) is 0 Å². The number of anilines is 1. The lowest BCUT2D eigenvalue weighted by Gasteiger charge is -2.15. The summed E-state index contributed by atoms with van der Waals surface area (Å²) in [5.41, 5.74) is 6.36. The molecule has 106 valence electrons. The van der Waals surface area contributed by atoms with Gasteiger partial charge in [0.05, 0.1) is 11.6 Å². The van der Waals surface area contributed by atoms with Crippen molar-refractivity contribution < 1.29 is 9.59 Å². The van der Waals surface area contributed by atoms with E-state index in [0.717, 1.165) is 23.0 Å². The Balaban J connectivity index is 1.52. The van der Waals surface area contributed by atoms with E-state index in [9.17, 15) is 9.59 Å². The van der Waals surface area contributed by atoms with Gasteiger partial charge in [0, 0.05) is 23.5 Å². The molecule has 2 N–H and O–H groups in total. The highest BCUT2D eigenvalue weighted by atomic mass is 79.9. The lowest BCUT2D eigenvalue weighted by Crippen LogP contribution is -2.36. The molecule has 0 unspecified atom stereocenters. The van der Waals surface area contributed by atoms with E-state index >= 15 is 0 Å². The number of nitrogens with one attached hydrogen (secondary N) is 2. The third-order valence-electron chi connectivity index (χ3n) is 3.69. The van der Waals surface area contributed by atoms with Gasteiger partial charge in [-0.25, -0.2) is 0 Å². The zero-order chi connectivity index (χ0) is 14.1. The van der Waals surface area contributed by atoms with Crippen molar-refractivity contribution >= 4 is 33.4 Å². The van der Waals surface area contributed by atoms with Crippen molar-refractivity contribution in [2.75, 3.05) is 12.0 Å². The summed E-state index contributed by atoms with van der Waals surface area (Å²) in [6.07, 6.45) is 2.48. The summed E-state index contributed by atoms with van der Waals surface area (Å²) in [6, 6.07) is 7.89. The predicted molar refractivity (Wildman–Crippen MR) is 78.7 cm³/mol. The third kappa shape index (κ3) is 2.95. The Bertz CT molecular complexity index is 528. The van der Waals surface area contributed by atoms with E-state index in [1.165, 1.54) is 0 Å². The average molecular weight is 338 g/mol. The monoisotopic (exact) mass is 337 g/mol. The predicted octanol–water partition coefficient (Wildman–Crippen LogP) is 1.90. The summed E-state index contributed by atoms with van der Waals surface area (Å²) in [7, 11) is 0. The lowest BCUT2D eigenvalue weighted by molar-refractivity contribution is -0.129. The SMILES string of the molecule is O=C(NNc1ccc(Br)cc1)[C@H]1CC(=O)N(C2CC2)C1. The van der Waals surface area contributed by atoms with Crippen LogP contribution in [0, 0.1) is 5.92 Å². The number of halogens is 1. The third-order valence-corrected chi connectivity index (χ3v) is 4.22. The molecule has 2 fully saturated rings. The minimum Gasteiger partial charge on any atom is -0.339 e. The molecule has 2 aliphatic rings. The molecule has 1 aliphatic carbocycles. The van der Waals surface area contributed by atoms with E-state index in [4.69, 9.17) is 0 Å². The van der Waals surface area contributed by atoms with E-state index in [1.807, 2.05) is 29.2 Å². The first-order valence-corrected chi connectivity index (χ1v) is 7.53. The molecule has 1 atom stereocenters. The van der Waals surface area contributed by atoms with Gasteiger partial charge in [-0.2, -0.15) is 0 Å². The molecule has 1 saturated carbocycles. The van der Waals surface area contributed by atoms with Crippen LogP contribution in [-0.4, -0.2) is 29.3 Å². The maximum atomic E-state index is 12.1. The number of hydrazine groups is 1. The highest BCUT2D eigenvalue weighted by Crippen LogP contribution is 2.32. The number of hydrogen-bond acceptors (Lipinski definition) is 3. The molecule has 1 heterocycles. The van der Waals surface area contributed by atoms with Crippen LogP contribution in [0.4, 0.5) is 5.69 Å². The standard InChI is InChI=1S/C14H16BrN3O2/c15-10-1-3-11(4-2-10)16-17-14(20)9-7-13(19)18(8-9)12-5-6-12/h1-4,9,12,16H,5-8H2,(H,17,20)/t9-/m0/s1. The van der Waals surface area contributed by atoms with Gasteiger partial charge in [0.25, 0.3) is 0 Å². The molecule has 5 nitrogen and oxygen atoms in total. The van der Waals surface area contributed by atoms with Gasteiger partial charge in [0.15, 0.2) is 0 Å². The fraction of sp³-hybridized carbons (Fsp3) is 0.429. The Morgan fingerprint density at radius 1 is 1.25 bits per heavy atom. The molecule has 20 heavy (non-hydrogen) atoms. The molecule has 3 rings (SSSR count). The van der Waals surface area contributed by atoms with Crippen molar-refractivity contribution in [3.8, 4) is 0 Å². The van der Waals surface area contributed by atoms with E-state index in [2.05, 4.69) is 26.8 Å². The number of carbonyl (C=O) groups excluding carboxylic acids is 2. The van der Waals surface area contributed by atoms with Crippen molar-refractivity contribution in [2.45, 2.75) is 25.3 Å². The first-order valence-electron chi connectivity index (χ1n) is 6.74. The van der Waals surface area contributed by atoms with Crippen molar-refractivity contribution in [1.29, 1.82) is 0 Å². The number of hydrogen-bond donors (Lipinski definition) is 2. The molecule has 6 heteroatoms. The molecule has 0 aromatic heterocycles. The average Bonchev–Trinajstić information content (AvgIpc) is 3.21. The highest BCUT2D eigenvalue weighted by Gasteiger charge is 2.41. The quantitative estimate of drug-likeness (QED) is 0.825. The summed E-state index contributed by atoms with van der Waals surface area (Å²) in [5.74, 6) is -0.258. The maximum Gasteiger partial charge on any atom is 0.243 e. The van der Waals surface area contributed by atoms with E-state index in [0.29, 0.717) is 19.0 Å². The van der Waals surface area contributed by atoms with Gasteiger partial charge in [-0.05, 0) is 37.1 Å². The minimum atomic E-state index is -0.244. The van der Waals surface area contributed by atoms with Crippen LogP contribution in [0.5, 0.6) is 0 Å². The lowest BCUT2D eigenvalue weighted by atomic mass is 10.1. The van der Waals surface area contributed by atoms with Crippen LogP contribution in [0.25, 0.3) is 0 Å². The van der Waals surface area contributed by atoms with Crippen molar-refractivity contribution in [3.05, 3.63) is 28.7 Å². The number of amides is 2. The molecule has 2 amide bonds. The molecule has 0 bridgehead atoms. The molecular weight excluding hydrogens is 322 g/mol. The second-order valence-corrected chi connectivity index (χ2v) is 6.22. The Labute approximate surface area is 125 Å².